The highest BCUT2D eigenvalue weighted by Gasteiger charge is 2.37. The summed E-state index contributed by atoms with van der Waals surface area (Å²) in [6.07, 6.45) is 3.84. The van der Waals surface area contributed by atoms with Gasteiger partial charge in [0.05, 0.1) is 6.61 Å². The Bertz CT molecular complexity index is 284. The lowest BCUT2D eigenvalue weighted by Gasteiger charge is -2.39. The quantitative estimate of drug-likeness (QED) is 0.347. The van der Waals surface area contributed by atoms with Gasteiger partial charge < -0.3 is 5.11 Å². The van der Waals surface area contributed by atoms with E-state index in [1.54, 1.807) is 0 Å². The highest BCUT2D eigenvalue weighted by atomic mass is 17.2. The van der Waals surface area contributed by atoms with E-state index in [1.165, 1.54) is 0 Å². The first-order chi connectivity index (χ1) is 9.16. The van der Waals surface area contributed by atoms with Gasteiger partial charge in [-0.05, 0) is 38.0 Å². The van der Waals surface area contributed by atoms with Crippen molar-refractivity contribution in [3.8, 4) is 0 Å². The minimum absolute atomic E-state index is 0.0247. The summed E-state index contributed by atoms with van der Waals surface area (Å²) in [5.41, 5.74) is -0.342. The number of carbonyl (C=O) groups is 1. The average Bonchev–Trinajstić information content (AvgIpc) is 2.33. The Kier molecular flexibility index (Phi) is 8.36. The lowest BCUT2D eigenvalue weighted by Crippen LogP contribution is -2.41. The third-order valence-electron chi connectivity index (χ3n) is 4.55. The third-order valence-corrected chi connectivity index (χ3v) is 4.55. The number of rotatable bonds is 11. The summed E-state index contributed by atoms with van der Waals surface area (Å²) in [6.45, 7) is 13.0. The van der Waals surface area contributed by atoms with E-state index in [0.29, 0.717) is 6.61 Å². The highest BCUT2D eigenvalue weighted by Crippen LogP contribution is 2.36. The van der Waals surface area contributed by atoms with Crippen molar-refractivity contribution >= 4 is 5.97 Å². The highest BCUT2D eigenvalue weighted by molar-refractivity contribution is 5.66. The standard InChI is InChI=1S/C16H32O4/c1-7-9-13(12-14(17)18)10-11-19-20-16(5,6)15(3,4)8-2/h13H,7-12H2,1-6H3,(H,17,18). The molecule has 1 atom stereocenters. The van der Waals surface area contributed by atoms with Crippen LogP contribution in [0.1, 0.15) is 73.6 Å². The smallest absolute Gasteiger partial charge is 0.303 e. The SMILES string of the molecule is CCCC(CCOOC(C)(C)C(C)(C)CC)CC(=O)O. The van der Waals surface area contributed by atoms with Gasteiger partial charge in [0.25, 0.3) is 0 Å². The molecule has 0 aromatic heterocycles. The summed E-state index contributed by atoms with van der Waals surface area (Å²) in [5.74, 6) is -0.569. The van der Waals surface area contributed by atoms with Gasteiger partial charge in [0.2, 0.25) is 0 Å². The van der Waals surface area contributed by atoms with E-state index < -0.39 is 5.97 Å². The average molecular weight is 288 g/mol. The molecule has 1 unspecified atom stereocenters. The van der Waals surface area contributed by atoms with E-state index in [0.717, 1.165) is 25.7 Å². The van der Waals surface area contributed by atoms with Crippen LogP contribution in [0.2, 0.25) is 0 Å². The van der Waals surface area contributed by atoms with Crippen LogP contribution in [0.15, 0.2) is 0 Å². The van der Waals surface area contributed by atoms with Crippen molar-refractivity contribution in [3.63, 3.8) is 0 Å². The normalized spacial score (nSPS) is 14.3. The summed E-state index contributed by atoms with van der Waals surface area (Å²) in [6, 6.07) is 0. The van der Waals surface area contributed by atoms with Crippen molar-refractivity contribution < 1.29 is 19.7 Å². The Labute approximate surface area is 123 Å². The maximum Gasteiger partial charge on any atom is 0.303 e. The molecular weight excluding hydrogens is 256 g/mol. The zero-order chi connectivity index (χ0) is 15.8. The van der Waals surface area contributed by atoms with Crippen molar-refractivity contribution in [2.24, 2.45) is 11.3 Å². The van der Waals surface area contributed by atoms with Gasteiger partial charge in [0.1, 0.15) is 5.60 Å². The fourth-order valence-corrected chi connectivity index (χ4v) is 1.95. The van der Waals surface area contributed by atoms with E-state index in [-0.39, 0.29) is 23.4 Å². The predicted octanol–water partition coefficient (Wildman–Crippen LogP) is 4.43. The molecule has 0 aliphatic carbocycles. The molecule has 0 spiro atoms. The topological polar surface area (TPSA) is 55.8 Å². The Morgan fingerprint density at radius 2 is 1.75 bits per heavy atom. The van der Waals surface area contributed by atoms with Crippen LogP contribution in [-0.2, 0) is 14.6 Å². The molecule has 4 nitrogen and oxygen atoms in total. The lowest BCUT2D eigenvalue weighted by atomic mass is 9.75. The van der Waals surface area contributed by atoms with Gasteiger partial charge >= 0.3 is 5.97 Å². The van der Waals surface area contributed by atoms with Crippen LogP contribution in [0.25, 0.3) is 0 Å². The fourth-order valence-electron chi connectivity index (χ4n) is 1.95. The van der Waals surface area contributed by atoms with E-state index in [2.05, 4.69) is 27.7 Å². The molecule has 0 saturated carbocycles. The summed E-state index contributed by atoms with van der Waals surface area (Å²) in [5, 5.41) is 8.86. The molecule has 0 radical (unpaired) electrons. The maximum atomic E-state index is 10.8. The summed E-state index contributed by atoms with van der Waals surface area (Å²) < 4.78 is 0. The maximum absolute atomic E-state index is 10.8. The van der Waals surface area contributed by atoms with E-state index in [1.807, 2.05) is 13.8 Å². The predicted molar refractivity (Wildman–Crippen MR) is 80.5 cm³/mol. The first-order valence-corrected chi connectivity index (χ1v) is 7.68. The van der Waals surface area contributed by atoms with Crippen molar-refractivity contribution in [2.75, 3.05) is 6.61 Å². The van der Waals surface area contributed by atoms with Gasteiger partial charge in [-0.3, -0.25) is 4.79 Å². The molecule has 0 aliphatic heterocycles. The van der Waals surface area contributed by atoms with Gasteiger partial charge in [-0.15, -0.1) is 0 Å². The van der Waals surface area contributed by atoms with E-state index >= 15 is 0 Å². The van der Waals surface area contributed by atoms with Crippen LogP contribution in [0.5, 0.6) is 0 Å². The molecule has 0 bridgehead atoms. The first-order valence-electron chi connectivity index (χ1n) is 7.68. The molecule has 0 heterocycles. The molecule has 0 aliphatic rings. The van der Waals surface area contributed by atoms with Crippen LogP contribution in [0.4, 0.5) is 0 Å². The molecule has 20 heavy (non-hydrogen) atoms. The third kappa shape index (κ3) is 6.71. The number of hydrogen-bond acceptors (Lipinski definition) is 3. The van der Waals surface area contributed by atoms with Crippen LogP contribution in [0, 0.1) is 11.3 Å². The summed E-state index contributed by atoms with van der Waals surface area (Å²) >= 11 is 0. The Morgan fingerprint density at radius 3 is 2.20 bits per heavy atom. The van der Waals surface area contributed by atoms with Gasteiger partial charge in [-0.2, -0.15) is 0 Å². The van der Waals surface area contributed by atoms with E-state index in [9.17, 15) is 4.79 Å². The monoisotopic (exact) mass is 288 g/mol. The fraction of sp³-hybridized carbons (Fsp3) is 0.938. The minimum Gasteiger partial charge on any atom is -0.481 e. The molecule has 0 rings (SSSR count). The molecule has 4 heteroatoms. The number of carboxylic acids is 1. The van der Waals surface area contributed by atoms with Gasteiger partial charge in [-0.1, -0.05) is 40.5 Å². The van der Waals surface area contributed by atoms with Crippen molar-refractivity contribution in [2.45, 2.75) is 79.2 Å². The molecule has 0 fully saturated rings. The van der Waals surface area contributed by atoms with E-state index in [4.69, 9.17) is 14.9 Å². The largest absolute Gasteiger partial charge is 0.481 e. The summed E-state index contributed by atoms with van der Waals surface area (Å²) in [7, 11) is 0. The van der Waals surface area contributed by atoms with Gasteiger partial charge in [-0.25, -0.2) is 9.78 Å². The first kappa shape index (κ1) is 19.4. The van der Waals surface area contributed by atoms with Crippen LogP contribution < -0.4 is 0 Å². The second-order valence-corrected chi connectivity index (χ2v) is 6.69. The van der Waals surface area contributed by atoms with Crippen LogP contribution in [-0.4, -0.2) is 23.3 Å². The van der Waals surface area contributed by atoms with Gasteiger partial charge in [0.15, 0.2) is 0 Å². The molecule has 120 valence electrons. The zero-order valence-corrected chi connectivity index (χ0v) is 14.0. The lowest BCUT2D eigenvalue weighted by molar-refractivity contribution is -0.376. The molecule has 0 aromatic carbocycles. The molecule has 0 amide bonds. The number of aliphatic carboxylic acids is 1. The number of hydrogen-bond donors (Lipinski definition) is 1. The molecular formula is C16H32O4. The Morgan fingerprint density at radius 1 is 1.15 bits per heavy atom. The summed E-state index contributed by atoms with van der Waals surface area (Å²) in [4.78, 5) is 21.7. The van der Waals surface area contributed by atoms with Crippen molar-refractivity contribution in [3.05, 3.63) is 0 Å². The molecule has 0 aromatic rings. The Balaban J connectivity index is 4.13. The zero-order valence-electron chi connectivity index (χ0n) is 14.0. The Hall–Kier alpha value is -0.610. The van der Waals surface area contributed by atoms with Crippen LogP contribution in [0.3, 0.4) is 0 Å². The van der Waals surface area contributed by atoms with Crippen LogP contribution >= 0.6 is 0 Å². The molecule has 1 N–H and O–H groups in total. The second kappa shape index (κ2) is 8.63. The molecule has 0 saturated heterocycles. The van der Waals surface area contributed by atoms with Gasteiger partial charge in [0, 0.05) is 6.42 Å². The number of carboxylic acid groups (broad SMARTS) is 1. The van der Waals surface area contributed by atoms with Crippen molar-refractivity contribution in [1.82, 2.24) is 0 Å². The minimum atomic E-state index is -0.739. The van der Waals surface area contributed by atoms with Crippen molar-refractivity contribution in [1.29, 1.82) is 0 Å². The second-order valence-electron chi connectivity index (χ2n) is 6.69.